The lowest BCUT2D eigenvalue weighted by Gasteiger charge is -2.51. The first kappa shape index (κ1) is 7.50. The van der Waals surface area contributed by atoms with Gasteiger partial charge in [0, 0.05) is 0 Å². The zero-order valence-electron chi connectivity index (χ0n) is 7.39. The van der Waals surface area contributed by atoms with Crippen LogP contribution in [0.15, 0.2) is 0 Å². The monoisotopic (exact) mass is 160 g/mol. The van der Waals surface area contributed by atoms with Crippen molar-refractivity contribution in [2.75, 3.05) is 39.8 Å². The minimum absolute atomic E-state index is 0.158. The van der Waals surface area contributed by atoms with Crippen LogP contribution in [0.2, 0.25) is 0 Å². The molecule has 3 saturated heterocycles. The Balaban J connectivity index is 2.22. The van der Waals surface area contributed by atoms with Gasteiger partial charge in [-0.05, 0) is 11.4 Å². The van der Waals surface area contributed by atoms with Crippen LogP contribution in [0, 0.1) is 0 Å². The predicted molar refractivity (Wildman–Crippen MR) is 41.3 cm³/mol. The van der Waals surface area contributed by atoms with Gasteiger partial charge in [-0.15, -0.1) is 4.71 Å². The van der Waals surface area contributed by atoms with E-state index in [0.29, 0.717) is 6.04 Å². The van der Waals surface area contributed by atoms with Gasteiger partial charge in [0.25, 0.3) is 0 Å². The van der Waals surface area contributed by atoms with Crippen LogP contribution in [-0.2, 0) is 0 Å². The lowest BCUT2D eigenvalue weighted by molar-refractivity contribution is -1.15. The Morgan fingerprint density at radius 1 is 1.18 bits per heavy atom. The van der Waals surface area contributed by atoms with Crippen molar-refractivity contribution < 1.29 is 13.7 Å². The Bertz CT molecular complexity index is 173. The second-order valence-corrected chi connectivity index (χ2v) is 4.43. The first-order chi connectivity index (χ1) is 5.04. The van der Waals surface area contributed by atoms with Crippen LogP contribution in [0.5, 0.6) is 0 Å². The summed E-state index contributed by atoms with van der Waals surface area (Å²) in [6.45, 7) is 6.43. The van der Waals surface area contributed by atoms with Crippen LogP contribution in [0.4, 0.5) is 4.48 Å². The molecule has 0 aromatic rings. The van der Waals surface area contributed by atoms with E-state index in [1.807, 2.05) is 0 Å². The molecule has 11 heavy (non-hydrogen) atoms. The van der Waals surface area contributed by atoms with Crippen LogP contribution in [0.3, 0.4) is 0 Å². The van der Waals surface area contributed by atoms with Crippen molar-refractivity contribution in [3.63, 3.8) is 0 Å². The molecule has 3 rings (SSSR count). The molecule has 3 aliphatic rings. The van der Waals surface area contributed by atoms with Gasteiger partial charge in [-0.3, -0.25) is 0 Å². The summed E-state index contributed by atoms with van der Waals surface area (Å²) in [5.41, 5.74) is 0. The maximum atomic E-state index is 13.7. The van der Waals surface area contributed by atoms with E-state index in [0.717, 1.165) is 37.2 Å². The van der Waals surface area contributed by atoms with Gasteiger partial charge in [-0.1, -0.05) is 0 Å². The Morgan fingerprint density at radius 2 is 1.73 bits per heavy atom. The van der Waals surface area contributed by atoms with Gasteiger partial charge in [-0.2, -0.15) is 0 Å². The fourth-order valence-electron chi connectivity index (χ4n) is 2.33. The second-order valence-electron chi connectivity index (χ2n) is 4.43. The Hall–Kier alpha value is -0.150. The van der Waals surface area contributed by atoms with E-state index in [2.05, 4.69) is 14.0 Å². The maximum absolute atomic E-state index is 13.7. The van der Waals surface area contributed by atoms with Crippen molar-refractivity contribution in [2.45, 2.75) is 13.0 Å². The quantitative estimate of drug-likeness (QED) is 0.358. The predicted octanol–water partition coefficient (Wildman–Crippen LogP) is 0.550. The summed E-state index contributed by atoms with van der Waals surface area (Å²) in [4.78, 5) is 0. The van der Waals surface area contributed by atoms with Gasteiger partial charge >= 0.3 is 0 Å². The number of piperazine rings is 3. The van der Waals surface area contributed by atoms with Crippen molar-refractivity contribution in [1.29, 1.82) is 0 Å². The summed E-state index contributed by atoms with van der Waals surface area (Å²) in [6, 6.07) is 0.516. The number of halogens is 1. The molecule has 1 atom stereocenters. The molecule has 0 saturated carbocycles. The normalized spacial score (nSPS) is 56.5. The highest BCUT2D eigenvalue weighted by Crippen LogP contribution is 2.29. The average molecular weight is 160 g/mol. The van der Waals surface area contributed by atoms with Crippen molar-refractivity contribution in [2.24, 2.45) is 0 Å². The largest absolute Gasteiger partial charge is 0.310 e. The van der Waals surface area contributed by atoms with Crippen LogP contribution in [0.1, 0.15) is 6.92 Å². The van der Waals surface area contributed by atoms with E-state index in [1.54, 1.807) is 0 Å². The SMILES string of the molecule is CC1C[N+]2(F)CC[N+]1(C)CC2. The number of quaternary nitrogens is 2. The fourth-order valence-corrected chi connectivity index (χ4v) is 2.33. The third-order valence-electron chi connectivity index (χ3n) is 3.68. The molecule has 3 fully saturated rings. The Morgan fingerprint density at radius 3 is 2.09 bits per heavy atom. The molecule has 0 radical (unpaired) electrons. The van der Waals surface area contributed by atoms with E-state index >= 15 is 0 Å². The van der Waals surface area contributed by atoms with Crippen LogP contribution in [-0.4, -0.2) is 55.0 Å². The molecule has 2 bridgehead atoms. The number of fused-ring (bicyclic) bond motifs is 3. The lowest BCUT2D eigenvalue weighted by Crippen LogP contribution is -2.74. The van der Waals surface area contributed by atoms with Crippen molar-refractivity contribution in [3.05, 3.63) is 0 Å². The van der Waals surface area contributed by atoms with E-state index in [-0.39, 0.29) is 4.71 Å². The van der Waals surface area contributed by atoms with Crippen molar-refractivity contribution >= 4 is 0 Å². The summed E-state index contributed by atoms with van der Waals surface area (Å²) in [7, 11) is 2.26. The minimum atomic E-state index is -0.158. The first-order valence-electron chi connectivity index (χ1n) is 4.44. The van der Waals surface area contributed by atoms with Crippen LogP contribution in [0.25, 0.3) is 0 Å². The number of hydrogen-bond acceptors (Lipinski definition) is 0. The summed E-state index contributed by atoms with van der Waals surface area (Å²) >= 11 is 0. The molecule has 2 nitrogen and oxygen atoms in total. The smallest absolute Gasteiger partial charge is 0.167 e. The zero-order valence-corrected chi connectivity index (χ0v) is 7.39. The Kier molecular flexibility index (Phi) is 1.33. The van der Waals surface area contributed by atoms with Gasteiger partial charge < -0.3 is 4.48 Å². The second kappa shape index (κ2) is 1.96. The summed E-state index contributed by atoms with van der Waals surface area (Å²) in [5.74, 6) is 0. The minimum Gasteiger partial charge on any atom is -0.310 e. The highest BCUT2D eigenvalue weighted by Gasteiger charge is 2.52. The van der Waals surface area contributed by atoms with Gasteiger partial charge in [0.15, 0.2) is 19.6 Å². The molecule has 0 spiro atoms. The number of hydrogen-bond donors (Lipinski definition) is 0. The number of nitrogens with zero attached hydrogens (tertiary/aromatic N) is 2. The molecular formula is C8H17FN2+2. The van der Waals surface area contributed by atoms with Crippen LogP contribution < -0.4 is 0 Å². The standard InChI is InChI=1S/C8H17FN2/c1-8-7-11(9)5-3-10(8,2)4-6-11/h8H,3-7H2,1-2H3/q+2. The van der Waals surface area contributed by atoms with E-state index < -0.39 is 0 Å². The molecule has 3 aliphatic heterocycles. The molecule has 1 unspecified atom stereocenters. The molecule has 0 aromatic heterocycles. The molecule has 0 aromatic carbocycles. The maximum Gasteiger partial charge on any atom is 0.167 e. The van der Waals surface area contributed by atoms with E-state index in [4.69, 9.17) is 0 Å². The van der Waals surface area contributed by atoms with Crippen molar-refractivity contribution in [3.8, 4) is 0 Å². The molecule has 3 heterocycles. The van der Waals surface area contributed by atoms with E-state index in [1.165, 1.54) is 0 Å². The van der Waals surface area contributed by atoms with Gasteiger partial charge in [-0.25, -0.2) is 0 Å². The average Bonchev–Trinajstić information content (AvgIpc) is 1.94. The lowest BCUT2D eigenvalue weighted by atomic mass is 10.1. The topological polar surface area (TPSA) is 0 Å². The number of rotatable bonds is 0. The first-order valence-corrected chi connectivity index (χ1v) is 4.44. The highest BCUT2D eigenvalue weighted by molar-refractivity contribution is 4.62. The fraction of sp³-hybridized carbons (Fsp3) is 1.00. The molecule has 0 amide bonds. The third-order valence-corrected chi connectivity index (χ3v) is 3.68. The van der Waals surface area contributed by atoms with Gasteiger partial charge in [0.1, 0.15) is 19.1 Å². The molecule has 0 aliphatic carbocycles. The molecular weight excluding hydrogens is 143 g/mol. The molecule has 3 heteroatoms. The zero-order chi connectivity index (χ0) is 8.11. The van der Waals surface area contributed by atoms with Gasteiger partial charge in [0.05, 0.1) is 7.05 Å². The van der Waals surface area contributed by atoms with Crippen LogP contribution >= 0.6 is 0 Å². The Labute approximate surface area is 67.3 Å². The molecule has 0 N–H and O–H groups in total. The summed E-state index contributed by atoms with van der Waals surface area (Å²) in [5, 5.41) is 0. The summed E-state index contributed by atoms with van der Waals surface area (Å²) < 4.78 is 14.6. The highest BCUT2D eigenvalue weighted by atomic mass is 19.2. The molecule has 64 valence electrons. The van der Waals surface area contributed by atoms with Gasteiger partial charge in [0.2, 0.25) is 0 Å². The number of likely N-dealkylation sites (N-methyl/N-ethyl adjacent to an activating group) is 1. The third kappa shape index (κ3) is 0.983. The van der Waals surface area contributed by atoms with Crippen molar-refractivity contribution in [1.82, 2.24) is 0 Å². The summed E-state index contributed by atoms with van der Waals surface area (Å²) in [6.07, 6.45) is 0. The van der Waals surface area contributed by atoms with E-state index in [9.17, 15) is 4.48 Å².